The van der Waals surface area contributed by atoms with Gasteiger partial charge in [0, 0.05) is 12.1 Å². The van der Waals surface area contributed by atoms with E-state index in [1.54, 1.807) is 24.1 Å². The molecule has 0 aromatic heterocycles. The second-order valence-corrected chi connectivity index (χ2v) is 5.51. The molecule has 1 aliphatic rings. The number of carbonyl (C=O) groups is 1. The smallest absolute Gasteiger partial charge is 0.325 e. The molecule has 0 amide bonds. The van der Waals surface area contributed by atoms with Crippen molar-refractivity contribution in [3.63, 3.8) is 0 Å². The van der Waals surface area contributed by atoms with Crippen LogP contribution in [0.3, 0.4) is 0 Å². The van der Waals surface area contributed by atoms with Crippen LogP contribution in [-0.4, -0.2) is 34.0 Å². The van der Waals surface area contributed by atoms with Gasteiger partial charge in [-0.25, -0.2) is 0 Å². The number of likely N-dealkylation sites (N-methyl/N-ethyl adjacent to an activating group) is 1. The molecule has 6 heteroatoms. The molecule has 21 heavy (non-hydrogen) atoms. The van der Waals surface area contributed by atoms with Gasteiger partial charge in [-0.2, -0.15) is 0 Å². The zero-order valence-electron chi connectivity index (χ0n) is 12.1. The Hall–Kier alpha value is -1.95. The molecular weight excluding hydrogens is 272 g/mol. The van der Waals surface area contributed by atoms with Gasteiger partial charge in [0.15, 0.2) is 0 Å². The molecule has 1 N–H and O–H groups in total. The van der Waals surface area contributed by atoms with Crippen LogP contribution in [0.1, 0.15) is 43.7 Å². The molecule has 0 bridgehead atoms. The maximum atomic E-state index is 11.7. The number of nitro groups is 1. The Morgan fingerprint density at radius 1 is 1.33 bits per heavy atom. The van der Waals surface area contributed by atoms with E-state index in [1.165, 1.54) is 18.6 Å². The first-order chi connectivity index (χ1) is 10.0. The van der Waals surface area contributed by atoms with E-state index < -0.39 is 16.9 Å². The van der Waals surface area contributed by atoms with Gasteiger partial charge in [-0.15, -0.1) is 0 Å². The van der Waals surface area contributed by atoms with Crippen molar-refractivity contribution in [2.75, 3.05) is 7.05 Å². The first-order valence-electron chi connectivity index (χ1n) is 7.20. The summed E-state index contributed by atoms with van der Waals surface area (Å²) in [6.07, 6.45) is 5.23. The topological polar surface area (TPSA) is 83.7 Å². The normalized spacial score (nSPS) is 17.6. The standard InChI is InChI=1S/C15H20N2O4/c1-16(11-7-3-2-4-8-11)14(15(18)19)12-9-5-6-10-13(12)17(20)21/h5-6,9-11,14H,2-4,7-8H2,1H3,(H,18,19). The Bertz CT molecular complexity index is 526. The monoisotopic (exact) mass is 292 g/mol. The van der Waals surface area contributed by atoms with Crippen molar-refractivity contribution in [3.05, 3.63) is 39.9 Å². The lowest BCUT2D eigenvalue weighted by atomic mass is 9.92. The van der Waals surface area contributed by atoms with E-state index in [9.17, 15) is 20.0 Å². The molecule has 0 aliphatic heterocycles. The zero-order chi connectivity index (χ0) is 15.4. The predicted molar refractivity (Wildman–Crippen MR) is 78.1 cm³/mol. The van der Waals surface area contributed by atoms with Crippen molar-refractivity contribution in [1.82, 2.24) is 4.90 Å². The molecule has 114 valence electrons. The Labute approximate surface area is 123 Å². The number of hydrogen-bond acceptors (Lipinski definition) is 4. The third kappa shape index (κ3) is 3.39. The van der Waals surface area contributed by atoms with Crippen LogP contribution in [0.25, 0.3) is 0 Å². The number of carboxylic acids is 1. The van der Waals surface area contributed by atoms with Gasteiger partial charge in [0.2, 0.25) is 0 Å². The van der Waals surface area contributed by atoms with Crippen molar-refractivity contribution in [3.8, 4) is 0 Å². The fraction of sp³-hybridized carbons (Fsp3) is 0.533. The minimum Gasteiger partial charge on any atom is -0.480 e. The number of rotatable bonds is 5. The third-order valence-electron chi connectivity index (χ3n) is 4.22. The van der Waals surface area contributed by atoms with Gasteiger partial charge >= 0.3 is 5.97 Å². The van der Waals surface area contributed by atoms with E-state index >= 15 is 0 Å². The molecule has 0 radical (unpaired) electrons. The Morgan fingerprint density at radius 2 is 1.95 bits per heavy atom. The van der Waals surface area contributed by atoms with Gasteiger partial charge in [0.25, 0.3) is 5.69 Å². The van der Waals surface area contributed by atoms with Gasteiger partial charge < -0.3 is 5.11 Å². The predicted octanol–water partition coefficient (Wildman–Crippen LogP) is 2.99. The Balaban J connectivity index is 2.35. The summed E-state index contributed by atoms with van der Waals surface area (Å²) in [4.78, 5) is 24.1. The highest BCUT2D eigenvalue weighted by Crippen LogP contribution is 2.33. The summed E-state index contributed by atoms with van der Waals surface area (Å²) in [6, 6.07) is 5.29. The van der Waals surface area contributed by atoms with Crippen LogP contribution in [-0.2, 0) is 4.79 Å². The summed E-state index contributed by atoms with van der Waals surface area (Å²) >= 11 is 0. The SMILES string of the molecule is CN(C1CCCCC1)C(C(=O)O)c1ccccc1[N+](=O)[O-]. The number of aliphatic carboxylic acids is 1. The van der Waals surface area contributed by atoms with Crippen LogP contribution in [0.15, 0.2) is 24.3 Å². The molecule has 0 saturated heterocycles. The van der Waals surface area contributed by atoms with Crippen molar-refractivity contribution in [2.24, 2.45) is 0 Å². The van der Waals surface area contributed by atoms with E-state index in [0.29, 0.717) is 0 Å². The quantitative estimate of drug-likeness (QED) is 0.666. The highest BCUT2D eigenvalue weighted by molar-refractivity contribution is 5.77. The number of benzene rings is 1. The second kappa shape index (κ2) is 6.67. The third-order valence-corrected chi connectivity index (χ3v) is 4.22. The molecule has 1 fully saturated rings. The van der Waals surface area contributed by atoms with Gasteiger partial charge in [0.05, 0.1) is 10.5 Å². The number of hydrogen-bond donors (Lipinski definition) is 1. The molecule has 1 atom stereocenters. The Morgan fingerprint density at radius 3 is 2.52 bits per heavy atom. The van der Waals surface area contributed by atoms with E-state index in [1.807, 2.05) is 0 Å². The molecule has 2 rings (SSSR count). The van der Waals surface area contributed by atoms with Crippen molar-refractivity contribution < 1.29 is 14.8 Å². The number of para-hydroxylation sites is 1. The van der Waals surface area contributed by atoms with Crippen molar-refractivity contribution in [2.45, 2.75) is 44.2 Å². The Kier molecular flexibility index (Phi) is 4.90. The van der Waals surface area contributed by atoms with E-state index in [0.717, 1.165) is 25.7 Å². The summed E-state index contributed by atoms with van der Waals surface area (Å²) in [7, 11) is 1.76. The number of carboxylic acid groups (broad SMARTS) is 1. The van der Waals surface area contributed by atoms with Gasteiger partial charge in [-0.3, -0.25) is 19.8 Å². The summed E-state index contributed by atoms with van der Waals surface area (Å²) in [5.74, 6) is -1.04. The maximum Gasteiger partial charge on any atom is 0.325 e. The summed E-state index contributed by atoms with van der Waals surface area (Å²) in [6.45, 7) is 0. The molecule has 1 saturated carbocycles. The molecular formula is C15H20N2O4. The largest absolute Gasteiger partial charge is 0.480 e. The molecule has 0 spiro atoms. The van der Waals surface area contributed by atoms with Gasteiger partial charge in [-0.05, 0) is 26.0 Å². The van der Waals surface area contributed by atoms with Crippen LogP contribution >= 0.6 is 0 Å². The van der Waals surface area contributed by atoms with E-state index in [4.69, 9.17) is 0 Å². The fourth-order valence-corrected chi connectivity index (χ4v) is 3.11. The lowest BCUT2D eigenvalue weighted by Crippen LogP contribution is -2.40. The molecule has 1 aromatic rings. The minimum absolute atomic E-state index is 0.132. The highest BCUT2D eigenvalue weighted by atomic mass is 16.6. The summed E-state index contributed by atoms with van der Waals surface area (Å²) < 4.78 is 0. The molecule has 1 aliphatic carbocycles. The van der Waals surface area contributed by atoms with Crippen LogP contribution in [0, 0.1) is 10.1 Å². The zero-order valence-corrected chi connectivity index (χ0v) is 12.1. The lowest BCUT2D eigenvalue weighted by Gasteiger charge is -2.35. The second-order valence-electron chi connectivity index (χ2n) is 5.51. The van der Waals surface area contributed by atoms with Crippen molar-refractivity contribution in [1.29, 1.82) is 0 Å². The van der Waals surface area contributed by atoms with Crippen molar-refractivity contribution >= 4 is 11.7 Å². The maximum absolute atomic E-state index is 11.7. The average Bonchev–Trinajstić information content (AvgIpc) is 2.48. The molecule has 1 aromatic carbocycles. The van der Waals surface area contributed by atoms with E-state index in [-0.39, 0.29) is 17.3 Å². The van der Waals surface area contributed by atoms with Gasteiger partial charge in [0.1, 0.15) is 6.04 Å². The highest BCUT2D eigenvalue weighted by Gasteiger charge is 2.34. The first kappa shape index (κ1) is 15.4. The molecule has 0 heterocycles. The summed E-state index contributed by atoms with van der Waals surface area (Å²) in [5.41, 5.74) is 0.121. The first-order valence-corrected chi connectivity index (χ1v) is 7.20. The molecule has 1 unspecified atom stereocenters. The van der Waals surface area contributed by atoms with E-state index in [2.05, 4.69) is 0 Å². The fourth-order valence-electron chi connectivity index (χ4n) is 3.11. The van der Waals surface area contributed by atoms with Gasteiger partial charge in [-0.1, -0.05) is 31.4 Å². The average molecular weight is 292 g/mol. The van der Waals surface area contributed by atoms with Crippen LogP contribution in [0.5, 0.6) is 0 Å². The number of nitrogens with zero attached hydrogens (tertiary/aromatic N) is 2. The van der Waals surface area contributed by atoms with Crippen LogP contribution in [0.4, 0.5) is 5.69 Å². The summed E-state index contributed by atoms with van der Waals surface area (Å²) in [5, 5.41) is 20.7. The number of nitro benzene ring substituents is 1. The lowest BCUT2D eigenvalue weighted by molar-refractivity contribution is -0.386. The molecule has 6 nitrogen and oxygen atoms in total. The minimum atomic E-state index is -1.04. The van der Waals surface area contributed by atoms with Crippen LogP contribution < -0.4 is 0 Å². The van der Waals surface area contributed by atoms with Crippen LogP contribution in [0.2, 0.25) is 0 Å².